The lowest BCUT2D eigenvalue weighted by molar-refractivity contribution is 0.595. The minimum absolute atomic E-state index is 0.0879. The van der Waals surface area contributed by atoms with Gasteiger partial charge in [0.15, 0.2) is 5.01 Å². The lowest BCUT2D eigenvalue weighted by Gasteiger charge is -2.04. The highest BCUT2D eigenvalue weighted by molar-refractivity contribution is 7.93. The summed E-state index contributed by atoms with van der Waals surface area (Å²) in [6, 6.07) is 10.0. The van der Waals surface area contributed by atoms with Crippen LogP contribution in [0.3, 0.4) is 0 Å². The lowest BCUT2D eigenvalue weighted by Crippen LogP contribution is -2.12. The second-order valence-electron chi connectivity index (χ2n) is 4.19. The van der Waals surface area contributed by atoms with Crippen LogP contribution in [-0.2, 0) is 10.0 Å². The van der Waals surface area contributed by atoms with Gasteiger partial charge in [0.2, 0.25) is 5.13 Å². The zero-order valence-corrected chi connectivity index (χ0v) is 12.6. The van der Waals surface area contributed by atoms with E-state index in [1.54, 1.807) is 24.4 Å². The second-order valence-corrected chi connectivity index (χ2v) is 6.85. The number of hydrogen-bond donors (Lipinski definition) is 1. The Morgan fingerprint density at radius 3 is 2.68 bits per heavy atom. The summed E-state index contributed by atoms with van der Waals surface area (Å²) >= 11 is 1.04. The van der Waals surface area contributed by atoms with E-state index in [0.29, 0.717) is 10.7 Å². The first kappa shape index (κ1) is 14.5. The molecule has 112 valence electrons. The number of nitrogens with one attached hydrogen (secondary N) is 1. The van der Waals surface area contributed by atoms with Crippen molar-refractivity contribution >= 4 is 26.5 Å². The summed E-state index contributed by atoms with van der Waals surface area (Å²) in [5.74, 6) is -0.630. The Morgan fingerprint density at radius 1 is 1.09 bits per heavy atom. The molecule has 9 heteroatoms. The van der Waals surface area contributed by atoms with Gasteiger partial charge in [-0.15, -0.1) is 10.2 Å². The number of hydrogen-bond acceptors (Lipinski definition) is 6. The van der Waals surface area contributed by atoms with Crippen molar-refractivity contribution in [3.63, 3.8) is 0 Å². The van der Waals surface area contributed by atoms with Crippen molar-refractivity contribution in [2.75, 3.05) is 4.72 Å². The Morgan fingerprint density at radius 2 is 1.95 bits per heavy atom. The molecule has 0 unspecified atom stereocenters. The molecule has 6 nitrogen and oxygen atoms in total. The van der Waals surface area contributed by atoms with Crippen molar-refractivity contribution in [3.05, 3.63) is 54.5 Å². The molecule has 0 aliphatic rings. The maximum Gasteiger partial charge on any atom is 0.263 e. The molecular formula is C13H9FN4O2S2. The molecule has 0 bridgehead atoms. The van der Waals surface area contributed by atoms with E-state index in [1.165, 1.54) is 18.2 Å². The molecule has 0 amide bonds. The molecule has 0 aliphatic carbocycles. The molecule has 22 heavy (non-hydrogen) atoms. The van der Waals surface area contributed by atoms with Crippen LogP contribution in [0.4, 0.5) is 9.52 Å². The predicted octanol–water partition coefficient (Wildman–Crippen LogP) is 2.54. The predicted molar refractivity (Wildman–Crippen MR) is 80.3 cm³/mol. The van der Waals surface area contributed by atoms with Crippen molar-refractivity contribution in [1.29, 1.82) is 0 Å². The fourth-order valence-corrected chi connectivity index (χ4v) is 3.65. The summed E-state index contributed by atoms with van der Waals surface area (Å²) in [6.07, 6.45) is 1.60. The molecule has 0 saturated heterocycles. The lowest BCUT2D eigenvalue weighted by atomic mass is 10.4. The quantitative estimate of drug-likeness (QED) is 0.791. The van der Waals surface area contributed by atoms with Crippen molar-refractivity contribution in [2.24, 2.45) is 0 Å². The van der Waals surface area contributed by atoms with E-state index in [4.69, 9.17) is 0 Å². The van der Waals surface area contributed by atoms with Gasteiger partial charge in [-0.25, -0.2) is 12.8 Å². The van der Waals surface area contributed by atoms with E-state index >= 15 is 0 Å². The standard InChI is InChI=1S/C13H9FN4O2S2/c14-9-4-3-5-10(8-9)22(19,20)18-13-17-16-12(21-13)11-6-1-2-7-15-11/h1-8H,(H,17,18). The average Bonchev–Trinajstić information content (AvgIpc) is 2.96. The maximum atomic E-state index is 13.1. The van der Waals surface area contributed by atoms with Crippen LogP contribution in [0.15, 0.2) is 53.6 Å². The molecule has 0 saturated carbocycles. The molecule has 1 aromatic carbocycles. The molecular weight excluding hydrogens is 327 g/mol. The third kappa shape index (κ3) is 3.10. The number of anilines is 1. The van der Waals surface area contributed by atoms with Crippen LogP contribution < -0.4 is 4.72 Å². The largest absolute Gasteiger partial charge is 0.263 e. The van der Waals surface area contributed by atoms with Crippen LogP contribution in [0.2, 0.25) is 0 Å². The van der Waals surface area contributed by atoms with Gasteiger partial charge in [0.1, 0.15) is 11.5 Å². The summed E-state index contributed by atoms with van der Waals surface area (Å²) in [7, 11) is -3.91. The topological polar surface area (TPSA) is 84.8 Å². The first-order valence-electron chi connectivity index (χ1n) is 6.08. The molecule has 1 N–H and O–H groups in total. The number of halogens is 1. The van der Waals surface area contributed by atoms with Gasteiger partial charge >= 0.3 is 0 Å². The summed E-state index contributed by atoms with van der Waals surface area (Å²) in [4.78, 5) is 3.93. The number of pyridine rings is 1. The van der Waals surface area contributed by atoms with Crippen LogP contribution >= 0.6 is 11.3 Å². The van der Waals surface area contributed by atoms with Gasteiger partial charge in [0.05, 0.1) is 4.90 Å². The van der Waals surface area contributed by atoms with Gasteiger partial charge in [-0.2, -0.15) is 0 Å². The van der Waals surface area contributed by atoms with Crippen LogP contribution in [0.5, 0.6) is 0 Å². The fraction of sp³-hybridized carbons (Fsp3) is 0. The van der Waals surface area contributed by atoms with Crippen LogP contribution in [0, 0.1) is 5.82 Å². The van der Waals surface area contributed by atoms with Gasteiger partial charge in [-0.3, -0.25) is 9.71 Å². The van der Waals surface area contributed by atoms with Crippen molar-refractivity contribution < 1.29 is 12.8 Å². The molecule has 2 aromatic heterocycles. The van der Waals surface area contributed by atoms with Gasteiger partial charge in [-0.05, 0) is 30.3 Å². The molecule has 3 aromatic rings. The monoisotopic (exact) mass is 336 g/mol. The Bertz CT molecular complexity index is 897. The smallest absolute Gasteiger partial charge is 0.254 e. The highest BCUT2D eigenvalue weighted by Gasteiger charge is 2.18. The summed E-state index contributed by atoms with van der Waals surface area (Å²) < 4.78 is 39.7. The molecule has 0 fully saturated rings. The van der Waals surface area contributed by atoms with Gasteiger partial charge in [0, 0.05) is 6.20 Å². The number of benzene rings is 1. The third-order valence-corrected chi connectivity index (χ3v) is 4.96. The number of nitrogens with zero attached hydrogens (tertiary/aromatic N) is 3. The van der Waals surface area contributed by atoms with Gasteiger partial charge in [-0.1, -0.05) is 23.5 Å². The number of aromatic nitrogens is 3. The number of sulfonamides is 1. The highest BCUT2D eigenvalue weighted by atomic mass is 32.2. The van der Waals surface area contributed by atoms with Crippen LogP contribution in [0.25, 0.3) is 10.7 Å². The Hall–Kier alpha value is -2.39. The molecule has 3 rings (SSSR count). The van der Waals surface area contributed by atoms with Crippen molar-refractivity contribution in [3.8, 4) is 10.7 Å². The van der Waals surface area contributed by atoms with Crippen molar-refractivity contribution in [1.82, 2.24) is 15.2 Å². The molecule has 0 atom stereocenters. The first-order valence-corrected chi connectivity index (χ1v) is 8.38. The van der Waals surface area contributed by atoms with E-state index in [-0.39, 0.29) is 10.0 Å². The van der Waals surface area contributed by atoms with E-state index in [9.17, 15) is 12.8 Å². The molecule has 2 heterocycles. The van der Waals surface area contributed by atoms with Crippen molar-refractivity contribution in [2.45, 2.75) is 4.90 Å². The van der Waals surface area contributed by atoms with E-state index in [1.807, 2.05) is 0 Å². The Kier molecular flexibility index (Phi) is 3.82. The second kappa shape index (κ2) is 5.78. The zero-order valence-electron chi connectivity index (χ0n) is 11.0. The summed E-state index contributed by atoms with van der Waals surface area (Å²) in [5.41, 5.74) is 0.594. The van der Waals surface area contributed by atoms with Gasteiger partial charge < -0.3 is 0 Å². The third-order valence-electron chi connectivity index (χ3n) is 2.64. The minimum atomic E-state index is -3.91. The molecule has 0 spiro atoms. The Balaban J connectivity index is 1.86. The normalized spacial score (nSPS) is 11.3. The molecule has 0 radical (unpaired) electrons. The summed E-state index contributed by atoms with van der Waals surface area (Å²) in [5, 5.41) is 8.23. The maximum absolute atomic E-state index is 13.1. The SMILES string of the molecule is O=S(=O)(Nc1nnc(-c2ccccn2)s1)c1cccc(F)c1. The minimum Gasteiger partial charge on any atom is -0.254 e. The average molecular weight is 336 g/mol. The first-order chi connectivity index (χ1) is 10.5. The summed E-state index contributed by atoms with van der Waals surface area (Å²) in [6.45, 7) is 0. The van der Waals surface area contributed by atoms with Crippen LogP contribution in [0.1, 0.15) is 0 Å². The number of rotatable bonds is 4. The van der Waals surface area contributed by atoms with E-state index < -0.39 is 15.8 Å². The zero-order chi connectivity index (χ0) is 15.6. The highest BCUT2D eigenvalue weighted by Crippen LogP contribution is 2.26. The van der Waals surface area contributed by atoms with Crippen LogP contribution in [-0.4, -0.2) is 23.6 Å². The Labute approximate surface area is 129 Å². The molecule has 0 aliphatic heterocycles. The van der Waals surface area contributed by atoms with E-state index in [0.717, 1.165) is 17.4 Å². The van der Waals surface area contributed by atoms with E-state index in [2.05, 4.69) is 19.9 Å². The van der Waals surface area contributed by atoms with Gasteiger partial charge in [0.25, 0.3) is 10.0 Å². The fourth-order valence-electron chi connectivity index (χ4n) is 1.67.